The van der Waals surface area contributed by atoms with Crippen LogP contribution < -0.4 is 5.32 Å². The average Bonchev–Trinajstić information content (AvgIpc) is 3.08. The Labute approximate surface area is 122 Å². The van der Waals surface area contributed by atoms with E-state index in [0.717, 1.165) is 25.2 Å². The first-order valence-corrected chi connectivity index (χ1v) is 7.61. The molecule has 0 fully saturated rings. The van der Waals surface area contributed by atoms with Crippen LogP contribution in [0.25, 0.3) is 0 Å². The van der Waals surface area contributed by atoms with E-state index in [4.69, 9.17) is 0 Å². The lowest BCUT2D eigenvalue weighted by molar-refractivity contribution is -0.125. The Kier molecular flexibility index (Phi) is 3.84. The second-order valence-electron chi connectivity index (χ2n) is 5.13. The second kappa shape index (κ2) is 5.76. The number of nitrogens with one attached hydrogen (secondary N) is 1. The highest BCUT2D eigenvalue weighted by molar-refractivity contribution is 7.09. The molecule has 0 bridgehead atoms. The van der Waals surface area contributed by atoms with Crippen molar-refractivity contribution in [2.45, 2.75) is 19.0 Å². The molecule has 0 spiro atoms. The van der Waals surface area contributed by atoms with Crippen LogP contribution in [-0.4, -0.2) is 40.5 Å². The number of carbonyl (C=O) groups excluding carboxylic acids is 1. The van der Waals surface area contributed by atoms with E-state index in [9.17, 15) is 4.79 Å². The number of thiophene rings is 1. The van der Waals surface area contributed by atoms with Crippen LogP contribution in [0.3, 0.4) is 0 Å². The maximum absolute atomic E-state index is 12.3. The maximum Gasteiger partial charge on any atom is 0.244 e. The topological polar surface area (TPSA) is 50.2 Å². The summed E-state index contributed by atoms with van der Waals surface area (Å²) in [4.78, 5) is 20.0. The monoisotopic (exact) mass is 290 g/mol. The van der Waals surface area contributed by atoms with Crippen LogP contribution in [0, 0.1) is 0 Å². The molecule has 0 aromatic carbocycles. The molecule has 5 nitrogen and oxygen atoms in total. The zero-order valence-corrected chi connectivity index (χ0v) is 12.3. The minimum atomic E-state index is -0.172. The summed E-state index contributed by atoms with van der Waals surface area (Å²) >= 11 is 1.73. The van der Waals surface area contributed by atoms with Gasteiger partial charge in [0.1, 0.15) is 6.04 Å². The van der Waals surface area contributed by atoms with Gasteiger partial charge in [-0.2, -0.15) is 0 Å². The Hall–Kier alpha value is -1.66. The largest absolute Gasteiger partial charge is 0.354 e. The van der Waals surface area contributed by atoms with E-state index >= 15 is 0 Å². The van der Waals surface area contributed by atoms with Crippen LogP contribution in [0.5, 0.6) is 0 Å². The molecule has 0 unspecified atom stereocenters. The highest BCUT2D eigenvalue weighted by Gasteiger charge is 2.28. The molecule has 6 heteroatoms. The molecule has 1 amide bonds. The molecular weight excluding hydrogens is 272 g/mol. The summed E-state index contributed by atoms with van der Waals surface area (Å²) in [7, 11) is 2.03. The van der Waals surface area contributed by atoms with E-state index in [0.29, 0.717) is 6.54 Å². The van der Waals surface area contributed by atoms with Crippen molar-refractivity contribution in [2.75, 3.05) is 20.1 Å². The summed E-state index contributed by atoms with van der Waals surface area (Å²) in [6.07, 6.45) is 4.48. The van der Waals surface area contributed by atoms with Crippen molar-refractivity contribution < 1.29 is 4.79 Å². The van der Waals surface area contributed by atoms with Gasteiger partial charge in [0.15, 0.2) is 0 Å². The van der Waals surface area contributed by atoms with Crippen molar-refractivity contribution in [1.29, 1.82) is 0 Å². The molecule has 0 aliphatic carbocycles. The van der Waals surface area contributed by atoms with Gasteiger partial charge < -0.3 is 9.88 Å². The molecule has 3 rings (SSSR count). The minimum absolute atomic E-state index is 0.0763. The number of amides is 1. The quantitative estimate of drug-likeness (QED) is 0.923. The number of nitrogens with zero attached hydrogens (tertiary/aromatic N) is 3. The van der Waals surface area contributed by atoms with E-state index in [-0.39, 0.29) is 11.9 Å². The van der Waals surface area contributed by atoms with Gasteiger partial charge >= 0.3 is 0 Å². The zero-order chi connectivity index (χ0) is 13.9. The van der Waals surface area contributed by atoms with Crippen LogP contribution in [0.4, 0.5) is 0 Å². The van der Waals surface area contributed by atoms with Gasteiger partial charge in [-0.15, -0.1) is 11.3 Å². The van der Waals surface area contributed by atoms with Crippen LogP contribution >= 0.6 is 11.3 Å². The smallest absolute Gasteiger partial charge is 0.244 e. The van der Waals surface area contributed by atoms with Gasteiger partial charge in [-0.1, -0.05) is 6.07 Å². The maximum atomic E-state index is 12.3. The summed E-state index contributed by atoms with van der Waals surface area (Å²) in [6.45, 7) is 2.26. The van der Waals surface area contributed by atoms with E-state index < -0.39 is 0 Å². The van der Waals surface area contributed by atoms with Crippen LogP contribution in [0.2, 0.25) is 0 Å². The lowest BCUT2D eigenvalue weighted by Gasteiger charge is -2.31. The molecular formula is C14H18N4OS. The highest BCUT2D eigenvalue weighted by atomic mass is 32.1. The van der Waals surface area contributed by atoms with Crippen molar-refractivity contribution in [2.24, 2.45) is 0 Å². The Morgan fingerprint density at radius 3 is 3.30 bits per heavy atom. The summed E-state index contributed by atoms with van der Waals surface area (Å²) in [6, 6.07) is 3.96. The first-order chi connectivity index (χ1) is 9.74. The van der Waals surface area contributed by atoms with Gasteiger partial charge in [-0.25, -0.2) is 4.98 Å². The first kappa shape index (κ1) is 13.3. The van der Waals surface area contributed by atoms with Crippen molar-refractivity contribution in [3.8, 4) is 0 Å². The van der Waals surface area contributed by atoms with Crippen molar-refractivity contribution in [3.05, 3.63) is 40.6 Å². The molecule has 0 saturated carbocycles. The lowest BCUT2D eigenvalue weighted by Crippen LogP contribution is -2.43. The first-order valence-electron chi connectivity index (χ1n) is 6.73. The third-order valence-corrected chi connectivity index (χ3v) is 4.49. The van der Waals surface area contributed by atoms with Gasteiger partial charge in [0.05, 0.1) is 12.0 Å². The van der Waals surface area contributed by atoms with E-state index in [2.05, 4.69) is 26.6 Å². The summed E-state index contributed by atoms with van der Waals surface area (Å²) in [5.41, 5.74) is 1.09. The van der Waals surface area contributed by atoms with E-state index in [1.807, 2.05) is 23.9 Å². The summed E-state index contributed by atoms with van der Waals surface area (Å²) in [5, 5.41) is 5.09. The Morgan fingerprint density at radius 1 is 1.60 bits per heavy atom. The normalized spacial score (nSPS) is 18.8. The second-order valence-corrected chi connectivity index (χ2v) is 6.16. The molecule has 2 aromatic heterocycles. The van der Waals surface area contributed by atoms with Crippen molar-refractivity contribution in [3.63, 3.8) is 0 Å². The Morgan fingerprint density at radius 2 is 2.50 bits per heavy atom. The number of hydrogen-bond donors (Lipinski definition) is 1. The fourth-order valence-electron chi connectivity index (χ4n) is 2.55. The van der Waals surface area contributed by atoms with E-state index in [1.165, 1.54) is 4.88 Å². The molecule has 106 valence electrons. The number of rotatable bonds is 4. The van der Waals surface area contributed by atoms with E-state index in [1.54, 1.807) is 17.7 Å². The number of hydrogen-bond acceptors (Lipinski definition) is 4. The Bertz CT molecular complexity index is 578. The average molecular weight is 290 g/mol. The molecule has 0 saturated heterocycles. The van der Waals surface area contributed by atoms with Crippen LogP contribution in [0.15, 0.2) is 30.0 Å². The molecule has 20 heavy (non-hydrogen) atoms. The SMILES string of the molecule is CN1Cc2cncn2[C@@H](C(=O)NCCc2cccs2)C1. The van der Waals surface area contributed by atoms with Crippen LogP contribution in [0.1, 0.15) is 16.6 Å². The Balaban J connectivity index is 1.60. The summed E-state index contributed by atoms with van der Waals surface area (Å²) < 4.78 is 1.99. The number of fused-ring (bicyclic) bond motifs is 1. The molecule has 2 aromatic rings. The zero-order valence-electron chi connectivity index (χ0n) is 11.5. The van der Waals surface area contributed by atoms with Gasteiger partial charge in [0.2, 0.25) is 5.91 Å². The number of carbonyl (C=O) groups is 1. The molecule has 1 aliphatic heterocycles. The van der Waals surface area contributed by atoms with Crippen LogP contribution in [-0.2, 0) is 17.8 Å². The van der Waals surface area contributed by atoms with Crippen molar-refractivity contribution >= 4 is 17.2 Å². The van der Waals surface area contributed by atoms with Gasteiger partial charge in [0.25, 0.3) is 0 Å². The molecule has 0 radical (unpaired) electrons. The third kappa shape index (κ3) is 2.76. The molecule has 3 heterocycles. The predicted octanol–water partition coefficient (Wildman–Crippen LogP) is 1.29. The number of aromatic nitrogens is 2. The van der Waals surface area contributed by atoms with Gasteiger partial charge in [0, 0.05) is 30.7 Å². The van der Waals surface area contributed by atoms with Crippen molar-refractivity contribution in [1.82, 2.24) is 19.8 Å². The highest BCUT2D eigenvalue weighted by Crippen LogP contribution is 2.19. The standard InChI is InChI=1S/C14H18N4OS/c1-17-8-11-7-15-10-18(11)13(9-17)14(19)16-5-4-12-3-2-6-20-12/h2-3,6-7,10,13H,4-5,8-9H2,1H3,(H,16,19)/t13-/m1/s1. The van der Waals surface area contributed by atoms with Gasteiger partial charge in [-0.3, -0.25) is 9.69 Å². The number of imidazole rings is 1. The molecule has 1 aliphatic rings. The fourth-order valence-corrected chi connectivity index (χ4v) is 3.26. The third-order valence-electron chi connectivity index (χ3n) is 3.55. The fraction of sp³-hybridized carbons (Fsp3) is 0.429. The summed E-state index contributed by atoms with van der Waals surface area (Å²) in [5.74, 6) is 0.0763. The number of likely N-dealkylation sites (N-methyl/N-ethyl adjacent to an activating group) is 1. The molecule has 1 atom stereocenters. The predicted molar refractivity (Wildman–Crippen MR) is 78.6 cm³/mol. The minimum Gasteiger partial charge on any atom is -0.354 e. The molecule has 1 N–H and O–H groups in total. The van der Waals surface area contributed by atoms with Gasteiger partial charge in [-0.05, 0) is 24.9 Å². The lowest BCUT2D eigenvalue weighted by atomic mass is 10.2.